The highest BCUT2D eigenvalue weighted by atomic mass is 16.5. The number of rotatable bonds is 6. The van der Waals surface area contributed by atoms with Crippen molar-refractivity contribution in [3.63, 3.8) is 0 Å². The molecule has 4 rings (SSSR count). The van der Waals surface area contributed by atoms with E-state index in [9.17, 15) is 4.79 Å². The quantitative estimate of drug-likeness (QED) is 0.528. The number of methoxy groups -OCH3 is 3. The SMILES string of the molecule is COc1cc(-c2cnc3[nH]c(=O)n([C@@H](C)c4ccccc4)c3n2)cc(OC)c1OC. The van der Waals surface area contributed by atoms with Crippen LogP contribution in [0, 0.1) is 0 Å². The standard InChI is InChI=1S/C22H22N4O4/c1-13(14-8-6-5-7-9-14)26-21-20(25-22(26)27)23-12-16(24-21)15-10-17(28-2)19(30-4)18(11-15)29-3/h5-13H,1-4H3,(H,23,25,27)/t13-/m0/s1. The van der Waals surface area contributed by atoms with E-state index < -0.39 is 0 Å². The van der Waals surface area contributed by atoms with Crippen molar-refractivity contribution in [3.05, 3.63) is 64.7 Å². The molecular weight excluding hydrogens is 384 g/mol. The lowest BCUT2D eigenvalue weighted by Gasteiger charge is -2.15. The Balaban J connectivity index is 1.88. The molecule has 2 aromatic heterocycles. The average molecular weight is 406 g/mol. The van der Waals surface area contributed by atoms with Gasteiger partial charge in [-0.1, -0.05) is 30.3 Å². The third kappa shape index (κ3) is 3.26. The highest BCUT2D eigenvalue weighted by molar-refractivity contribution is 5.74. The lowest BCUT2D eigenvalue weighted by Crippen LogP contribution is -2.21. The van der Waals surface area contributed by atoms with Crippen molar-refractivity contribution in [2.45, 2.75) is 13.0 Å². The fourth-order valence-electron chi connectivity index (χ4n) is 3.50. The van der Waals surface area contributed by atoms with Crippen LogP contribution in [0.25, 0.3) is 22.6 Å². The minimum absolute atomic E-state index is 0.211. The molecule has 154 valence electrons. The number of hydrogen-bond acceptors (Lipinski definition) is 6. The van der Waals surface area contributed by atoms with E-state index in [0.29, 0.717) is 34.2 Å². The summed E-state index contributed by atoms with van der Waals surface area (Å²) in [6.45, 7) is 1.96. The van der Waals surface area contributed by atoms with Gasteiger partial charge in [0.15, 0.2) is 22.8 Å². The van der Waals surface area contributed by atoms with Crippen molar-refractivity contribution >= 4 is 11.3 Å². The zero-order valence-electron chi connectivity index (χ0n) is 17.2. The van der Waals surface area contributed by atoms with Crippen molar-refractivity contribution in [2.75, 3.05) is 21.3 Å². The molecule has 0 amide bonds. The molecule has 0 radical (unpaired) electrons. The van der Waals surface area contributed by atoms with Crippen molar-refractivity contribution < 1.29 is 14.2 Å². The first-order valence-corrected chi connectivity index (χ1v) is 9.40. The summed E-state index contributed by atoms with van der Waals surface area (Å²) in [5.74, 6) is 1.52. The van der Waals surface area contributed by atoms with Crippen LogP contribution >= 0.6 is 0 Å². The minimum Gasteiger partial charge on any atom is -0.493 e. The van der Waals surface area contributed by atoms with Gasteiger partial charge in [-0.05, 0) is 24.6 Å². The highest BCUT2D eigenvalue weighted by Crippen LogP contribution is 2.40. The van der Waals surface area contributed by atoms with Gasteiger partial charge in [0.05, 0.1) is 39.3 Å². The summed E-state index contributed by atoms with van der Waals surface area (Å²) in [6, 6.07) is 13.2. The first kappa shape index (κ1) is 19.5. The summed E-state index contributed by atoms with van der Waals surface area (Å²) in [5, 5.41) is 0. The zero-order chi connectivity index (χ0) is 21.3. The van der Waals surface area contributed by atoms with E-state index in [1.165, 1.54) is 0 Å². The Morgan fingerprint density at radius 2 is 1.67 bits per heavy atom. The van der Waals surface area contributed by atoms with Crippen LogP contribution in [0.15, 0.2) is 53.5 Å². The first-order chi connectivity index (χ1) is 14.6. The van der Waals surface area contributed by atoms with Crippen molar-refractivity contribution in [2.24, 2.45) is 0 Å². The molecular formula is C22H22N4O4. The summed E-state index contributed by atoms with van der Waals surface area (Å²) >= 11 is 0. The van der Waals surface area contributed by atoms with Crippen molar-refractivity contribution in [1.29, 1.82) is 0 Å². The number of H-pyrrole nitrogens is 1. The van der Waals surface area contributed by atoms with Gasteiger partial charge in [0, 0.05) is 5.56 Å². The molecule has 2 aromatic carbocycles. The molecule has 4 aromatic rings. The second-order valence-electron chi connectivity index (χ2n) is 6.73. The Kier molecular flexibility index (Phi) is 5.14. The Labute approximate surface area is 173 Å². The Morgan fingerprint density at radius 1 is 1.00 bits per heavy atom. The van der Waals surface area contributed by atoms with Gasteiger partial charge in [0.1, 0.15) is 0 Å². The number of nitrogens with zero attached hydrogens (tertiary/aromatic N) is 3. The third-order valence-electron chi connectivity index (χ3n) is 5.06. The van der Waals surface area contributed by atoms with Crippen molar-refractivity contribution in [3.8, 4) is 28.5 Å². The van der Waals surface area contributed by atoms with Gasteiger partial charge in [-0.15, -0.1) is 0 Å². The van der Waals surface area contributed by atoms with Crippen LogP contribution < -0.4 is 19.9 Å². The second kappa shape index (κ2) is 7.90. The predicted octanol–water partition coefficient (Wildman–Crippen LogP) is 3.42. The van der Waals surface area contributed by atoms with Crippen LogP contribution in [0.1, 0.15) is 18.5 Å². The summed E-state index contributed by atoms with van der Waals surface area (Å²) in [7, 11) is 4.66. The zero-order valence-corrected chi connectivity index (χ0v) is 17.2. The van der Waals surface area contributed by atoms with Crippen LogP contribution in [0.4, 0.5) is 0 Å². The lowest BCUT2D eigenvalue weighted by molar-refractivity contribution is 0.324. The summed E-state index contributed by atoms with van der Waals surface area (Å²) in [6.07, 6.45) is 1.61. The number of hydrogen-bond donors (Lipinski definition) is 1. The molecule has 0 bridgehead atoms. The molecule has 0 aliphatic carbocycles. The minimum atomic E-state index is -0.261. The number of ether oxygens (including phenoxy) is 3. The molecule has 0 spiro atoms. The second-order valence-corrected chi connectivity index (χ2v) is 6.73. The van der Waals surface area contributed by atoms with Gasteiger partial charge >= 0.3 is 5.69 Å². The smallest absolute Gasteiger partial charge is 0.329 e. The molecule has 0 aliphatic heterocycles. The molecule has 1 N–H and O–H groups in total. The number of benzene rings is 2. The predicted molar refractivity (Wildman–Crippen MR) is 113 cm³/mol. The van der Waals surface area contributed by atoms with Gasteiger partial charge in [-0.25, -0.2) is 14.8 Å². The largest absolute Gasteiger partial charge is 0.493 e. The maximum Gasteiger partial charge on any atom is 0.329 e. The van der Waals surface area contributed by atoms with Crippen molar-refractivity contribution in [1.82, 2.24) is 19.5 Å². The van der Waals surface area contributed by atoms with E-state index in [4.69, 9.17) is 19.2 Å². The number of aromatic amines is 1. The molecule has 0 aliphatic rings. The molecule has 0 saturated heterocycles. The molecule has 2 heterocycles. The number of fused-ring (bicyclic) bond motifs is 1. The van der Waals surface area contributed by atoms with Crippen LogP contribution in [0.2, 0.25) is 0 Å². The van der Waals surface area contributed by atoms with E-state index >= 15 is 0 Å². The molecule has 0 saturated carbocycles. The summed E-state index contributed by atoms with van der Waals surface area (Å²) < 4.78 is 17.9. The molecule has 30 heavy (non-hydrogen) atoms. The topological polar surface area (TPSA) is 91.3 Å². The first-order valence-electron chi connectivity index (χ1n) is 9.40. The van der Waals surface area contributed by atoms with E-state index in [2.05, 4.69) is 9.97 Å². The Morgan fingerprint density at radius 3 is 2.27 bits per heavy atom. The molecule has 8 nitrogen and oxygen atoms in total. The lowest BCUT2D eigenvalue weighted by atomic mass is 10.1. The monoisotopic (exact) mass is 406 g/mol. The van der Waals surface area contributed by atoms with Crippen LogP contribution in [-0.4, -0.2) is 40.8 Å². The fraction of sp³-hybridized carbons (Fsp3) is 0.227. The third-order valence-corrected chi connectivity index (χ3v) is 5.06. The molecule has 0 fully saturated rings. The normalized spacial score (nSPS) is 12.0. The van der Waals surface area contributed by atoms with E-state index in [1.807, 2.05) is 37.3 Å². The fourth-order valence-corrected chi connectivity index (χ4v) is 3.50. The highest BCUT2D eigenvalue weighted by Gasteiger charge is 2.19. The van der Waals surface area contributed by atoms with E-state index in [1.54, 1.807) is 44.2 Å². The molecule has 8 heteroatoms. The average Bonchev–Trinajstić information content (AvgIpc) is 3.12. The number of imidazole rings is 1. The Bertz CT molecular complexity index is 1220. The van der Waals surface area contributed by atoms with Gasteiger partial charge in [0.2, 0.25) is 5.75 Å². The summed E-state index contributed by atoms with van der Waals surface area (Å²) in [5.41, 5.74) is 2.95. The number of nitrogens with one attached hydrogen (secondary N) is 1. The maximum atomic E-state index is 12.7. The van der Waals surface area contributed by atoms with E-state index in [-0.39, 0.29) is 11.7 Å². The Hall–Kier alpha value is -3.81. The van der Waals surface area contributed by atoms with Crippen LogP contribution in [0.5, 0.6) is 17.2 Å². The van der Waals surface area contributed by atoms with Crippen LogP contribution in [-0.2, 0) is 0 Å². The summed E-state index contributed by atoms with van der Waals surface area (Å²) in [4.78, 5) is 24.6. The van der Waals surface area contributed by atoms with Gasteiger partial charge < -0.3 is 14.2 Å². The number of aromatic nitrogens is 4. The van der Waals surface area contributed by atoms with Crippen LogP contribution in [0.3, 0.4) is 0 Å². The maximum absolute atomic E-state index is 12.7. The molecule has 0 unspecified atom stereocenters. The van der Waals surface area contributed by atoms with Gasteiger partial charge in [-0.2, -0.15) is 0 Å². The molecule has 1 atom stereocenters. The van der Waals surface area contributed by atoms with E-state index in [0.717, 1.165) is 11.1 Å². The van der Waals surface area contributed by atoms with Gasteiger partial charge in [-0.3, -0.25) is 9.55 Å². The van der Waals surface area contributed by atoms with Gasteiger partial charge in [0.25, 0.3) is 0 Å².